The Labute approximate surface area is 194 Å². The summed E-state index contributed by atoms with van der Waals surface area (Å²) in [6.07, 6.45) is 0.586. The molecule has 1 nitrogen and oxygen atoms in total. The van der Waals surface area contributed by atoms with Crippen LogP contribution in [0.1, 0.15) is 23.5 Å². The quantitative estimate of drug-likeness (QED) is 0.208. The summed E-state index contributed by atoms with van der Waals surface area (Å²) in [5, 5.41) is 0. The lowest BCUT2D eigenvalue weighted by atomic mass is 9.84. The molecule has 2 heterocycles. The lowest BCUT2D eigenvalue weighted by molar-refractivity contribution is 0.519. The Morgan fingerprint density at radius 3 is 2.03 bits per heavy atom. The molecule has 1 saturated heterocycles. The molecule has 0 N–H and O–H groups in total. The molecule has 2 unspecified atom stereocenters. The van der Waals surface area contributed by atoms with Crippen molar-refractivity contribution in [1.29, 1.82) is 0 Å². The second-order valence-electron chi connectivity index (χ2n) is 7.40. The van der Waals surface area contributed by atoms with E-state index in [9.17, 15) is 0 Å². The third-order valence-electron chi connectivity index (χ3n) is 5.82. The number of nitrogens with zero attached hydrogens (tertiary/aromatic N) is 1. The van der Waals surface area contributed by atoms with Gasteiger partial charge in [-0.25, -0.2) is 0 Å². The zero-order valence-corrected chi connectivity index (χ0v) is 19.1. The molecule has 2 aliphatic rings. The van der Waals surface area contributed by atoms with Gasteiger partial charge in [0, 0.05) is 10.8 Å². The molecule has 3 aromatic rings. The van der Waals surface area contributed by atoms with Crippen LogP contribution in [0.4, 0.5) is 5.69 Å². The van der Waals surface area contributed by atoms with Crippen LogP contribution in [-0.4, -0.2) is 8.12 Å². The van der Waals surface area contributed by atoms with Crippen molar-refractivity contribution >= 4 is 63.9 Å². The van der Waals surface area contributed by atoms with Gasteiger partial charge in [0.15, 0.2) is 3.67 Å². The molecule has 0 saturated carbocycles. The maximum atomic E-state index is 7.03. The van der Waals surface area contributed by atoms with Gasteiger partial charge in [0.2, 0.25) is 4.46 Å². The van der Waals surface area contributed by atoms with Crippen molar-refractivity contribution in [3.05, 3.63) is 96.1 Å². The Morgan fingerprint density at radius 2 is 1.34 bits per heavy atom. The highest BCUT2D eigenvalue weighted by atomic mass is 35.5. The number of hydrogen-bond acceptors (Lipinski definition) is 2. The van der Waals surface area contributed by atoms with Crippen LogP contribution in [0.3, 0.4) is 0 Å². The van der Waals surface area contributed by atoms with E-state index < -0.39 is 13.7 Å². The van der Waals surface area contributed by atoms with Crippen molar-refractivity contribution in [2.45, 2.75) is 30.9 Å². The monoisotopic (exact) mass is 479 g/mol. The van der Waals surface area contributed by atoms with E-state index in [-0.39, 0.29) is 5.92 Å². The standard InChI is InChI=1S/C23H17Cl4NS/c24-22(25)18(16-9-3-1-4-10-16)15-21(17-11-5-2-6-12-17)23(26,27)28(21)19-13-7-8-14-20(19)29-22/h1-14,18H,15H2. The summed E-state index contributed by atoms with van der Waals surface area (Å²) < 4.78 is -2.19. The first-order valence-electron chi connectivity index (χ1n) is 9.32. The van der Waals surface area contributed by atoms with E-state index in [1.807, 2.05) is 60.7 Å². The minimum atomic E-state index is -1.10. The molecule has 148 valence electrons. The molecule has 5 rings (SSSR count). The minimum Gasteiger partial charge on any atom is -0.322 e. The zero-order chi connectivity index (χ0) is 20.3. The van der Waals surface area contributed by atoms with Crippen LogP contribution < -0.4 is 4.90 Å². The molecule has 0 aliphatic carbocycles. The molecule has 29 heavy (non-hydrogen) atoms. The summed E-state index contributed by atoms with van der Waals surface area (Å²) in [4.78, 5) is 3.06. The fourth-order valence-electron chi connectivity index (χ4n) is 4.41. The molecule has 3 aromatic carbocycles. The predicted octanol–water partition coefficient (Wildman–Crippen LogP) is 7.94. The van der Waals surface area contributed by atoms with Gasteiger partial charge in [0.25, 0.3) is 0 Å². The van der Waals surface area contributed by atoms with Crippen molar-refractivity contribution in [2.75, 3.05) is 4.90 Å². The van der Waals surface area contributed by atoms with E-state index in [0.29, 0.717) is 6.42 Å². The largest absolute Gasteiger partial charge is 0.322 e. The van der Waals surface area contributed by atoms with E-state index in [4.69, 9.17) is 46.4 Å². The average molecular weight is 481 g/mol. The molecule has 2 aliphatic heterocycles. The van der Waals surface area contributed by atoms with Crippen LogP contribution in [0.5, 0.6) is 0 Å². The Kier molecular flexibility index (Phi) is 4.81. The summed E-state index contributed by atoms with van der Waals surface area (Å²) in [6, 6.07) is 28.3. The highest BCUT2D eigenvalue weighted by Gasteiger charge is 2.77. The number of hydrogen-bond donors (Lipinski definition) is 0. The lowest BCUT2D eigenvalue weighted by Gasteiger charge is -2.36. The summed E-state index contributed by atoms with van der Waals surface area (Å²) in [5.41, 5.74) is 2.43. The van der Waals surface area contributed by atoms with Gasteiger partial charge in [-0.15, -0.1) is 0 Å². The van der Waals surface area contributed by atoms with Crippen LogP contribution in [0.15, 0.2) is 89.8 Å². The second-order valence-corrected chi connectivity index (χ2v) is 11.8. The van der Waals surface area contributed by atoms with Crippen molar-refractivity contribution < 1.29 is 0 Å². The van der Waals surface area contributed by atoms with Gasteiger partial charge < -0.3 is 4.90 Å². The smallest absolute Gasteiger partial charge is 0.219 e. The maximum absolute atomic E-state index is 7.03. The van der Waals surface area contributed by atoms with E-state index in [1.54, 1.807) is 0 Å². The Morgan fingerprint density at radius 1 is 0.759 bits per heavy atom. The third-order valence-corrected chi connectivity index (χ3v) is 8.90. The highest BCUT2D eigenvalue weighted by Crippen LogP contribution is 2.73. The average Bonchev–Trinajstić information content (AvgIpc) is 3.21. The number of para-hydroxylation sites is 1. The number of alkyl halides is 4. The van der Waals surface area contributed by atoms with E-state index >= 15 is 0 Å². The lowest BCUT2D eigenvalue weighted by Crippen LogP contribution is -2.30. The fourth-order valence-corrected chi connectivity index (χ4v) is 7.31. The fraction of sp³-hybridized carbons (Fsp3) is 0.217. The van der Waals surface area contributed by atoms with Crippen LogP contribution in [0.25, 0.3) is 0 Å². The molecular formula is C23H17Cl4NS. The topological polar surface area (TPSA) is 3.01 Å². The summed E-state index contributed by atoms with van der Waals surface area (Å²) in [6.45, 7) is 0. The van der Waals surface area contributed by atoms with Crippen molar-refractivity contribution in [3.63, 3.8) is 0 Å². The van der Waals surface area contributed by atoms with Crippen LogP contribution in [-0.2, 0) is 5.54 Å². The summed E-state index contributed by atoms with van der Waals surface area (Å²) in [7, 11) is 0. The molecule has 1 fully saturated rings. The normalized spacial score (nSPS) is 26.6. The van der Waals surface area contributed by atoms with Gasteiger partial charge in [-0.3, -0.25) is 0 Å². The molecule has 0 spiro atoms. The molecule has 0 radical (unpaired) electrons. The van der Waals surface area contributed by atoms with Crippen LogP contribution in [0.2, 0.25) is 0 Å². The van der Waals surface area contributed by atoms with Crippen molar-refractivity contribution in [2.24, 2.45) is 0 Å². The van der Waals surface area contributed by atoms with Crippen molar-refractivity contribution in [1.82, 2.24) is 0 Å². The van der Waals surface area contributed by atoms with E-state index in [0.717, 1.165) is 21.7 Å². The third kappa shape index (κ3) is 2.99. The van der Waals surface area contributed by atoms with Crippen molar-refractivity contribution in [3.8, 4) is 0 Å². The molecule has 2 atom stereocenters. The van der Waals surface area contributed by atoms with Crippen LogP contribution in [0, 0.1) is 0 Å². The number of anilines is 1. The predicted molar refractivity (Wildman–Crippen MR) is 126 cm³/mol. The Bertz CT molecular complexity index is 1040. The number of fused-ring (bicyclic) bond motifs is 3. The van der Waals surface area contributed by atoms with Crippen LogP contribution >= 0.6 is 58.2 Å². The maximum Gasteiger partial charge on any atom is 0.219 e. The van der Waals surface area contributed by atoms with Gasteiger partial charge in [0.1, 0.15) is 5.54 Å². The van der Waals surface area contributed by atoms with Gasteiger partial charge in [-0.05, 0) is 29.7 Å². The van der Waals surface area contributed by atoms with E-state index in [1.165, 1.54) is 11.8 Å². The minimum absolute atomic E-state index is 0.188. The first-order valence-corrected chi connectivity index (χ1v) is 11.7. The molecule has 0 amide bonds. The number of benzene rings is 3. The van der Waals surface area contributed by atoms with Gasteiger partial charge in [0.05, 0.1) is 5.69 Å². The van der Waals surface area contributed by atoms with Gasteiger partial charge in [-0.2, -0.15) is 0 Å². The molecule has 6 heteroatoms. The molecule has 0 aromatic heterocycles. The summed E-state index contributed by atoms with van der Waals surface area (Å²) in [5.74, 6) is -0.188. The number of halogens is 4. The van der Waals surface area contributed by atoms with Gasteiger partial charge in [-0.1, -0.05) is 131 Å². The Balaban J connectivity index is 1.76. The Hall–Kier alpha value is -1.03. The van der Waals surface area contributed by atoms with E-state index in [2.05, 4.69) is 29.2 Å². The number of rotatable bonds is 2. The van der Waals surface area contributed by atoms with Gasteiger partial charge >= 0.3 is 0 Å². The SMILES string of the molecule is ClC1(Cl)Sc2ccccc2N2C(Cl)(Cl)C2(c2ccccc2)CC1c1ccccc1. The number of thioether (sulfide) groups is 1. The molecular weight excluding hydrogens is 464 g/mol. The highest BCUT2D eigenvalue weighted by molar-refractivity contribution is 8.03. The molecule has 0 bridgehead atoms. The summed E-state index contributed by atoms with van der Waals surface area (Å²) >= 11 is 29.5. The first kappa shape index (κ1) is 19.9. The second kappa shape index (κ2) is 7.00. The first-order chi connectivity index (χ1) is 13.9. The zero-order valence-electron chi connectivity index (χ0n) is 15.2.